The van der Waals surface area contributed by atoms with Crippen molar-refractivity contribution in [2.24, 2.45) is 0 Å². The fraction of sp³-hybridized carbons (Fsp3) is 0.0952. The van der Waals surface area contributed by atoms with Crippen molar-refractivity contribution in [3.05, 3.63) is 81.6 Å². The Kier molecular flexibility index (Phi) is 5.17. The van der Waals surface area contributed by atoms with Crippen LogP contribution in [-0.2, 0) is 11.3 Å². The zero-order chi connectivity index (χ0) is 20.5. The molecular formula is C21H15ClFN3O2S. The summed E-state index contributed by atoms with van der Waals surface area (Å²) in [5.74, 6) is -1.03. The van der Waals surface area contributed by atoms with Crippen LogP contribution in [0.15, 0.2) is 59.7 Å². The molecule has 0 radical (unpaired) electrons. The molecule has 0 spiro atoms. The maximum Gasteiger partial charge on any atom is 0.271 e. The van der Waals surface area contributed by atoms with Crippen LogP contribution >= 0.6 is 22.9 Å². The Labute approximate surface area is 174 Å². The molecule has 146 valence electrons. The number of amides is 1. The van der Waals surface area contributed by atoms with E-state index in [-0.39, 0.29) is 17.8 Å². The van der Waals surface area contributed by atoms with Gasteiger partial charge in [0.15, 0.2) is 0 Å². The average Bonchev–Trinajstić information content (AvgIpc) is 3.12. The second kappa shape index (κ2) is 7.77. The lowest BCUT2D eigenvalue weighted by molar-refractivity contribution is -0.116. The highest BCUT2D eigenvalue weighted by Crippen LogP contribution is 2.31. The summed E-state index contributed by atoms with van der Waals surface area (Å²) in [6.07, 6.45) is 1.33. The van der Waals surface area contributed by atoms with Crippen LogP contribution in [0.5, 0.6) is 0 Å². The molecule has 2 heterocycles. The zero-order valence-corrected chi connectivity index (χ0v) is 16.9. The van der Waals surface area contributed by atoms with Crippen LogP contribution in [0, 0.1) is 12.7 Å². The van der Waals surface area contributed by atoms with Gasteiger partial charge >= 0.3 is 0 Å². The van der Waals surface area contributed by atoms with Crippen molar-refractivity contribution in [1.29, 1.82) is 0 Å². The van der Waals surface area contributed by atoms with Crippen LogP contribution in [0.25, 0.3) is 20.7 Å². The third-order valence-corrected chi connectivity index (χ3v) is 5.76. The summed E-state index contributed by atoms with van der Waals surface area (Å²) in [4.78, 5) is 30.2. The number of hydrogen-bond acceptors (Lipinski definition) is 4. The number of anilines is 1. The number of carbonyl (C=O) groups is 1. The van der Waals surface area contributed by atoms with E-state index in [4.69, 9.17) is 11.6 Å². The van der Waals surface area contributed by atoms with Gasteiger partial charge in [-0.25, -0.2) is 9.37 Å². The summed E-state index contributed by atoms with van der Waals surface area (Å²) in [6, 6.07) is 13.6. The molecule has 2 aromatic carbocycles. The Bertz CT molecular complexity index is 1280. The number of halogens is 2. The van der Waals surface area contributed by atoms with E-state index < -0.39 is 11.7 Å². The van der Waals surface area contributed by atoms with E-state index in [9.17, 15) is 14.0 Å². The topological polar surface area (TPSA) is 64.0 Å². The molecule has 2 aromatic heterocycles. The first kappa shape index (κ1) is 19.3. The van der Waals surface area contributed by atoms with E-state index in [1.54, 1.807) is 25.1 Å². The van der Waals surface area contributed by atoms with Gasteiger partial charge in [0.25, 0.3) is 5.56 Å². The molecule has 0 atom stereocenters. The molecule has 0 aliphatic carbocycles. The van der Waals surface area contributed by atoms with Gasteiger partial charge in [0, 0.05) is 9.90 Å². The Morgan fingerprint density at radius 1 is 1.21 bits per heavy atom. The van der Waals surface area contributed by atoms with Crippen molar-refractivity contribution in [2.75, 3.05) is 5.32 Å². The van der Waals surface area contributed by atoms with Crippen LogP contribution in [0.3, 0.4) is 0 Å². The maximum absolute atomic E-state index is 13.9. The molecule has 1 N–H and O–H groups in total. The minimum atomic E-state index is -0.523. The lowest BCUT2D eigenvalue weighted by Crippen LogP contribution is -2.27. The first-order valence-corrected chi connectivity index (χ1v) is 9.91. The number of nitrogens with zero attached hydrogens (tertiary/aromatic N) is 2. The second-order valence-corrected chi connectivity index (χ2v) is 8.03. The van der Waals surface area contributed by atoms with Gasteiger partial charge in [-0.3, -0.25) is 14.2 Å². The van der Waals surface area contributed by atoms with Gasteiger partial charge in [0.1, 0.15) is 17.1 Å². The van der Waals surface area contributed by atoms with Gasteiger partial charge in [-0.05, 0) is 48.4 Å². The van der Waals surface area contributed by atoms with E-state index >= 15 is 0 Å². The number of nitrogens with one attached hydrogen (secondary N) is 1. The number of rotatable bonds is 4. The minimum Gasteiger partial charge on any atom is -0.322 e. The molecule has 4 rings (SSSR count). The Balaban J connectivity index is 1.59. The Morgan fingerprint density at radius 2 is 1.97 bits per heavy atom. The third kappa shape index (κ3) is 4.06. The highest BCUT2D eigenvalue weighted by atomic mass is 35.5. The predicted octanol–water partition coefficient (Wildman–Crippen LogP) is 4.86. The normalized spacial score (nSPS) is 11.0. The molecule has 0 aliphatic heterocycles. The number of benzene rings is 2. The van der Waals surface area contributed by atoms with Crippen molar-refractivity contribution in [1.82, 2.24) is 9.55 Å². The van der Waals surface area contributed by atoms with Crippen LogP contribution < -0.4 is 10.9 Å². The minimum absolute atomic E-state index is 0.0730. The number of fused-ring (bicyclic) bond motifs is 1. The third-order valence-electron chi connectivity index (χ3n) is 4.35. The highest BCUT2D eigenvalue weighted by molar-refractivity contribution is 7.22. The van der Waals surface area contributed by atoms with Crippen LogP contribution in [0.4, 0.5) is 10.1 Å². The molecule has 29 heavy (non-hydrogen) atoms. The van der Waals surface area contributed by atoms with E-state index in [0.29, 0.717) is 15.2 Å². The lowest BCUT2D eigenvalue weighted by atomic mass is 10.2. The van der Waals surface area contributed by atoms with E-state index in [0.717, 1.165) is 16.0 Å². The molecule has 5 nitrogen and oxygen atoms in total. The van der Waals surface area contributed by atoms with Gasteiger partial charge in [-0.15, -0.1) is 11.3 Å². The summed E-state index contributed by atoms with van der Waals surface area (Å²) in [6.45, 7) is 1.50. The molecule has 0 saturated carbocycles. The maximum atomic E-state index is 13.9. The van der Waals surface area contributed by atoms with E-state index in [1.807, 2.05) is 18.2 Å². The molecule has 0 aliphatic rings. The van der Waals surface area contributed by atoms with Crippen LogP contribution in [0.1, 0.15) is 5.56 Å². The van der Waals surface area contributed by atoms with Crippen molar-refractivity contribution >= 4 is 44.7 Å². The second-order valence-electron chi connectivity index (χ2n) is 6.54. The molecule has 0 unspecified atom stereocenters. The van der Waals surface area contributed by atoms with Crippen LogP contribution in [0.2, 0.25) is 5.02 Å². The van der Waals surface area contributed by atoms with Gasteiger partial charge in [0.05, 0.1) is 17.5 Å². The molecule has 0 bridgehead atoms. The number of aryl methyl sites for hydroxylation is 1. The average molecular weight is 428 g/mol. The smallest absolute Gasteiger partial charge is 0.271 e. The highest BCUT2D eigenvalue weighted by Gasteiger charge is 2.13. The SMILES string of the molecule is Cc1ccc(NC(=O)Cn2cnc3cc(-c4ccc(Cl)cc4)sc3c2=O)c(F)c1. The largest absolute Gasteiger partial charge is 0.322 e. The zero-order valence-electron chi connectivity index (χ0n) is 15.3. The predicted molar refractivity (Wildman–Crippen MR) is 114 cm³/mol. The summed E-state index contributed by atoms with van der Waals surface area (Å²) in [7, 11) is 0. The van der Waals surface area contributed by atoms with Crippen molar-refractivity contribution in [3.8, 4) is 10.4 Å². The molecule has 4 aromatic rings. The number of carbonyl (C=O) groups excluding carboxylic acids is 1. The summed E-state index contributed by atoms with van der Waals surface area (Å²) in [5.41, 5.74) is 1.99. The van der Waals surface area contributed by atoms with E-state index in [1.165, 1.54) is 34.4 Å². The van der Waals surface area contributed by atoms with Crippen molar-refractivity contribution in [3.63, 3.8) is 0 Å². The number of hydrogen-bond donors (Lipinski definition) is 1. The Hall–Kier alpha value is -3.03. The number of aromatic nitrogens is 2. The first-order valence-electron chi connectivity index (χ1n) is 8.71. The molecule has 0 fully saturated rings. The number of thiophene rings is 1. The fourth-order valence-electron chi connectivity index (χ4n) is 2.88. The van der Waals surface area contributed by atoms with Gasteiger partial charge in [-0.2, -0.15) is 0 Å². The molecule has 1 amide bonds. The monoisotopic (exact) mass is 427 g/mol. The standard InChI is InChI=1S/C21H15ClFN3O2S/c1-12-2-7-16(15(23)8-12)25-19(27)10-26-11-24-17-9-18(29-20(17)21(26)28)13-3-5-14(22)6-4-13/h2-9,11H,10H2,1H3,(H,25,27). The Morgan fingerprint density at radius 3 is 2.69 bits per heavy atom. The van der Waals surface area contributed by atoms with Crippen molar-refractivity contribution < 1.29 is 9.18 Å². The quantitative estimate of drug-likeness (QED) is 0.505. The first-order chi connectivity index (χ1) is 13.9. The van der Waals surface area contributed by atoms with Crippen molar-refractivity contribution in [2.45, 2.75) is 13.5 Å². The van der Waals surface area contributed by atoms with Crippen LogP contribution in [-0.4, -0.2) is 15.5 Å². The molecule has 8 heteroatoms. The van der Waals surface area contributed by atoms with E-state index in [2.05, 4.69) is 10.3 Å². The summed E-state index contributed by atoms with van der Waals surface area (Å²) < 4.78 is 15.6. The summed E-state index contributed by atoms with van der Waals surface area (Å²) in [5, 5.41) is 3.12. The summed E-state index contributed by atoms with van der Waals surface area (Å²) >= 11 is 7.23. The van der Waals surface area contributed by atoms with Gasteiger partial charge < -0.3 is 5.32 Å². The molecular weight excluding hydrogens is 413 g/mol. The fourth-order valence-corrected chi connectivity index (χ4v) is 4.07. The van der Waals surface area contributed by atoms with Gasteiger partial charge in [0.2, 0.25) is 5.91 Å². The lowest BCUT2D eigenvalue weighted by Gasteiger charge is -2.08. The molecule has 0 saturated heterocycles. The van der Waals surface area contributed by atoms with Gasteiger partial charge in [-0.1, -0.05) is 29.8 Å².